The van der Waals surface area contributed by atoms with Gasteiger partial charge in [-0.05, 0) is 61.1 Å². The fraction of sp³-hybridized carbons (Fsp3) is 0.478. The van der Waals surface area contributed by atoms with E-state index >= 15 is 0 Å². The lowest BCUT2D eigenvalue weighted by Gasteiger charge is -2.32. The van der Waals surface area contributed by atoms with Crippen LogP contribution in [0.15, 0.2) is 48.8 Å². The van der Waals surface area contributed by atoms with Crippen LogP contribution in [0.5, 0.6) is 5.75 Å². The molecule has 1 saturated heterocycles. The van der Waals surface area contributed by atoms with E-state index in [0.717, 1.165) is 56.6 Å². The van der Waals surface area contributed by atoms with Gasteiger partial charge in [-0.2, -0.15) is 0 Å². The molecule has 156 valence electrons. The lowest BCUT2D eigenvalue weighted by Crippen LogP contribution is -2.48. The molecule has 1 aromatic carbocycles. The van der Waals surface area contributed by atoms with E-state index in [9.17, 15) is 4.79 Å². The van der Waals surface area contributed by atoms with Crippen molar-refractivity contribution in [2.45, 2.75) is 44.7 Å². The number of hydrogen-bond acceptors (Lipinski definition) is 4. The molecule has 29 heavy (non-hydrogen) atoms. The Kier molecular flexibility index (Phi) is 7.87. The van der Waals surface area contributed by atoms with Gasteiger partial charge in [0.25, 0.3) is 0 Å². The molecule has 1 fully saturated rings. The second-order valence-corrected chi connectivity index (χ2v) is 7.57. The standard InChI is InChI=1S/C23H32N4O2/c1-3-22(19-4-6-21(29-2)7-5-19)26-23(28)25-20-11-16-27(17-12-20)15-10-18-8-13-24-14-9-18/h4-9,13-14,20,22H,3,10-12,15-17H2,1-2H3,(H2,25,26,28). The summed E-state index contributed by atoms with van der Waals surface area (Å²) in [6.45, 7) is 5.17. The Balaban J connectivity index is 1.40. The van der Waals surface area contributed by atoms with Crippen molar-refractivity contribution >= 4 is 6.03 Å². The van der Waals surface area contributed by atoms with Gasteiger partial charge in [-0.1, -0.05) is 19.1 Å². The van der Waals surface area contributed by atoms with Gasteiger partial charge in [0, 0.05) is 38.1 Å². The van der Waals surface area contributed by atoms with Gasteiger partial charge in [-0.3, -0.25) is 4.98 Å². The Morgan fingerprint density at radius 3 is 2.48 bits per heavy atom. The first-order valence-electron chi connectivity index (χ1n) is 10.5. The van der Waals surface area contributed by atoms with E-state index in [1.54, 1.807) is 7.11 Å². The molecule has 1 atom stereocenters. The zero-order chi connectivity index (χ0) is 20.5. The van der Waals surface area contributed by atoms with E-state index in [-0.39, 0.29) is 18.1 Å². The summed E-state index contributed by atoms with van der Waals surface area (Å²) < 4.78 is 5.21. The Bertz CT molecular complexity index is 743. The Morgan fingerprint density at radius 1 is 1.17 bits per heavy atom. The van der Waals surface area contributed by atoms with Crippen LogP contribution in [0, 0.1) is 0 Å². The Morgan fingerprint density at radius 2 is 1.86 bits per heavy atom. The average Bonchev–Trinajstić information content (AvgIpc) is 2.78. The molecule has 1 unspecified atom stereocenters. The second kappa shape index (κ2) is 10.8. The number of amides is 2. The van der Waals surface area contributed by atoms with Crippen LogP contribution in [0.1, 0.15) is 43.4 Å². The van der Waals surface area contributed by atoms with Gasteiger partial charge >= 0.3 is 6.03 Å². The van der Waals surface area contributed by atoms with E-state index < -0.39 is 0 Å². The third-order valence-corrected chi connectivity index (χ3v) is 5.62. The fourth-order valence-corrected chi connectivity index (χ4v) is 3.78. The number of piperidine rings is 1. The normalized spacial score (nSPS) is 16.2. The van der Waals surface area contributed by atoms with Crippen LogP contribution in [0.25, 0.3) is 0 Å². The topological polar surface area (TPSA) is 66.5 Å². The molecule has 1 aromatic heterocycles. The predicted octanol–water partition coefficient (Wildman–Crippen LogP) is 3.55. The number of pyridine rings is 1. The number of nitrogens with one attached hydrogen (secondary N) is 2. The Labute approximate surface area is 173 Å². The molecule has 3 rings (SSSR count). The summed E-state index contributed by atoms with van der Waals surface area (Å²) in [6, 6.07) is 12.2. The van der Waals surface area contributed by atoms with Gasteiger partial charge in [-0.15, -0.1) is 0 Å². The van der Waals surface area contributed by atoms with Gasteiger partial charge in [0.15, 0.2) is 0 Å². The molecule has 2 heterocycles. The molecule has 6 heteroatoms. The summed E-state index contributed by atoms with van der Waals surface area (Å²) in [4.78, 5) is 19.0. The maximum Gasteiger partial charge on any atom is 0.315 e. The monoisotopic (exact) mass is 396 g/mol. The molecular weight excluding hydrogens is 364 g/mol. The molecule has 0 aliphatic carbocycles. The molecule has 2 aromatic rings. The van der Waals surface area contributed by atoms with Crippen LogP contribution >= 0.6 is 0 Å². The number of ether oxygens (including phenoxy) is 1. The Hall–Kier alpha value is -2.60. The van der Waals surface area contributed by atoms with Crippen LogP contribution < -0.4 is 15.4 Å². The average molecular weight is 397 g/mol. The predicted molar refractivity (Wildman–Crippen MR) is 115 cm³/mol. The second-order valence-electron chi connectivity index (χ2n) is 7.57. The zero-order valence-corrected chi connectivity index (χ0v) is 17.4. The summed E-state index contributed by atoms with van der Waals surface area (Å²) in [5.74, 6) is 0.823. The summed E-state index contributed by atoms with van der Waals surface area (Å²) in [5, 5.41) is 6.28. The first-order valence-corrected chi connectivity index (χ1v) is 10.5. The van der Waals surface area contributed by atoms with Crippen molar-refractivity contribution < 1.29 is 9.53 Å². The highest BCUT2D eigenvalue weighted by Gasteiger charge is 2.21. The highest BCUT2D eigenvalue weighted by atomic mass is 16.5. The van der Waals surface area contributed by atoms with Gasteiger partial charge in [0.05, 0.1) is 13.2 Å². The van der Waals surface area contributed by atoms with Crippen molar-refractivity contribution in [2.24, 2.45) is 0 Å². The smallest absolute Gasteiger partial charge is 0.315 e. The molecule has 2 amide bonds. The number of methoxy groups -OCH3 is 1. The number of hydrogen-bond donors (Lipinski definition) is 2. The lowest BCUT2D eigenvalue weighted by atomic mass is 10.0. The maximum absolute atomic E-state index is 12.5. The number of aromatic nitrogens is 1. The first kappa shape index (κ1) is 21.1. The molecule has 2 N–H and O–H groups in total. The van der Waals surface area contributed by atoms with Crippen molar-refractivity contribution in [2.75, 3.05) is 26.7 Å². The first-order chi connectivity index (χ1) is 14.2. The van der Waals surface area contributed by atoms with Gasteiger partial charge in [-0.25, -0.2) is 4.79 Å². The summed E-state index contributed by atoms with van der Waals surface area (Å²) in [5.41, 5.74) is 2.41. The van der Waals surface area contributed by atoms with E-state index in [0.29, 0.717) is 0 Å². The fourth-order valence-electron chi connectivity index (χ4n) is 3.78. The van der Waals surface area contributed by atoms with Crippen LogP contribution in [0.2, 0.25) is 0 Å². The van der Waals surface area contributed by atoms with Gasteiger partial charge in [0.1, 0.15) is 5.75 Å². The van der Waals surface area contributed by atoms with E-state index in [1.165, 1.54) is 5.56 Å². The maximum atomic E-state index is 12.5. The molecule has 0 radical (unpaired) electrons. The molecule has 1 aliphatic heterocycles. The quantitative estimate of drug-likeness (QED) is 0.716. The van der Waals surface area contributed by atoms with Crippen LogP contribution in [0.3, 0.4) is 0 Å². The van der Waals surface area contributed by atoms with Crippen molar-refractivity contribution in [1.29, 1.82) is 0 Å². The summed E-state index contributed by atoms with van der Waals surface area (Å²) in [7, 11) is 1.66. The van der Waals surface area contributed by atoms with Crippen molar-refractivity contribution in [3.05, 3.63) is 59.9 Å². The lowest BCUT2D eigenvalue weighted by molar-refractivity contribution is 0.192. The molecular formula is C23H32N4O2. The number of benzene rings is 1. The van der Waals surface area contributed by atoms with Gasteiger partial charge < -0.3 is 20.3 Å². The third-order valence-electron chi connectivity index (χ3n) is 5.62. The largest absolute Gasteiger partial charge is 0.497 e. The summed E-state index contributed by atoms with van der Waals surface area (Å²) in [6.07, 6.45) is 7.56. The SMILES string of the molecule is CCC(NC(=O)NC1CCN(CCc2ccncc2)CC1)c1ccc(OC)cc1. The molecule has 1 aliphatic rings. The van der Waals surface area contributed by atoms with Crippen LogP contribution in [-0.2, 0) is 6.42 Å². The number of carbonyl (C=O) groups excluding carboxylic acids is 1. The van der Waals surface area contributed by atoms with E-state index in [2.05, 4.69) is 39.6 Å². The minimum atomic E-state index is -0.0806. The van der Waals surface area contributed by atoms with Crippen molar-refractivity contribution in [3.63, 3.8) is 0 Å². The highest BCUT2D eigenvalue weighted by molar-refractivity contribution is 5.74. The van der Waals surface area contributed by atoms with E-state index in [4.69, 9.17) is 4.74 Å². The van der Waals surface area contributed by atoms with E-state index in [1.807, 2.05) is 36.7 Å². The molecule has 0 spiro atoms. The third kappa shape index (κ3) is 6.46. The number of likely N-dealkylation sites (tertiary alicyclic amines) is 1. The minimum Gasteiger partial charge on any atom is -0.497 e. The minimum absolute atomic E-state index is 0.00126. The van der Waals surface area contributed by atoms with Crippen molar-refractivity contribution in [1.82, 2.24) is 20.5 Å². The number of urea groups is 1. The molecule has 0 saturated carbocycles. The van der Waals surface area contributed by atoms with Crippen molar-refractivity contribution in [3.8, 4) is 5.75 Å². The number of carbonyl (C=O) groups is 1. The van der Waals surface area contributed by atoms with Crippen LogP contribution in [0.4, 0.5) is 4.79 Å². The molecule has 6 nitrogen and oxygen atoms in total. The van der Waals surface area contributed by atoms with Gasteiger partial charge in [0.2, 0.25) is 0 Å². The van der Waals surface area contributed by atoms with Crippen LogP contribution in [-0.4, -0.2) is 48.7 Å². The summed E-state index contributed by atoms with van der Waals surface area (Å²) >= 11 is 0. The number of nitrogens with zero attached hydrogens (tertiary/aromatic N) is 2. The number of rotatable bonds is 8. The molecule has 0 bridgehead atoms. The zero-order valence-electron chi connectivity index (χ0n) is 17.4. The highest BCUT2D eigenvalue weighted by Crippen LogP contribution is 2.20.